The molecule has 2 heterocycles. The molecule has 1 aliphatic heterocycles. The van der Waals surface area contributed by atoms with Crippen molar-refractivity contribution in [3.63, 3.8) is 0 Å². The van der Waals surface area contributed by atoms with Gasteiger partial charge in [-0.25, -0.2) is 9.97 Å². The van der Waals surface area contributed by atoms with Crippen LogP contribution in [0.2, 0.25) is 0 Å². The Kier molecular flexibility index (Phi) is 5.73. The molecule has 0 radical (unpaired) electrons. The number of methoxy groups -OCH3 is 1. The lowest BCUT2D eigenvalue weighted by Crippen LogP contribution is -2.40. The molecule has 0 unspecified atom stereocenters. The lowest BCUT2D eigenvalue weighted by molar-refractivity contribution is -0.115. The molecule has 1 N–H and O–H groups in total. The van der Waals surface area contributed by atoms with E-state index in [2.05, 4.69) is 32.0 Å². The summed E-state index contributed by atoms with van der Waals surface area (Å²) in [5, 5.41) is 2.87. The van der Waals surface area contributed by atoms with Crippen LogP contribution in [0.4, 0.5) is 5.82 Å². The van der Waals surface area contributed by atoms with Crippen LogP contribution < -0.4 is 10.2 Å². The molecule has 1 amide bonds. The van der Waals surface area contributed by atoms with E-state index in [1.54, 1.807) is 13.3 Å². The van der Waals surface area contributed by atoms with E-state index >= 15 is 0 Å². The summed E-state index contributed by atoms with van der Waals surface area (Å²) in [5.74, 6) is 6.27. The zero-order valence-corrected chi connectivity index (χ0v) is 13.2. The highest BCUT2D eigenvalue weighted by Gasteiger charge is 2.33. The first-order valence-electron chi connectivity index (χ1n) is 7.45. The standard InChI is InChI=1S/C16H22N4O2/c1-12(2)4-5-16(21)18-9-13-8-14(22-3)10-20(13)15-6-7-17-11-19-15/h6-7,11-14H,8-10H2,1-3H3,(H,18,21)/t13-,14-/m1/s1. The normalized spacial score (nSPS) is 20.6. The van der Waals surface area contributed by atoms with Gasteiger partial charge in [0.15, 0.2) is 0 Å². The van der Waals surface area contributed by atoms with E-state index in [1.165, 1.54) is 6.33 Å². The highest BCUT2D eigenvalue weighted by molar-refractivity contribution is 5.93. The van der Waals surface area contributed by atoms with Gasteiger partial charge in [0.2, 0.25) is 0 Å². The average Bonchev–Trinajstić information content (AvgIpc) is 2.95. The topological polar surface area (TPSA) is 67.3 Å². The number of carbonyl (C=O) groups excluding carboxylic acids is 1. The van der Waals surface area contributed by atoms with Crippen molar-refractivity contribution in [3.05, 3.63) is 18.6 Å². The van der Waals surface area contributed by atoms with Crippen molar-refractivity contribution in [1.82, 2.24) is 15.3 Å². The van der Waals surface area contributed by atoms with Gasteiger partial charge in [-0.1, -0.05) is 19.8 Å². The fourth-order valence-corrected chi connectivity index (χ4v) is 2.44. The zero-order chi connectivity index (χ0) is 15.9. The quantitative estimate of drug-likeness (QED) is 0.835. The van der Waals surface area contributed by atoms with E-state index in [0.29, 0.717) is 6.54 Å². The van der Waals surface area contributed by atoms with Gasteiger partial charge < -0.3 is 15.0 Å². The number of ether oxygens (including phenoxy) is 1. The number of carbonyl (C=O) groups is 1. The van der Waals surface area contributed by atoms with Crippen LogP contribution in [0.15, 0.2) is 18.6 Å². The molecule has 118 valence electrons. The summed E-state index contributed by atoms with van der Waals surface area (Å²) in [5.41, 5.74) is 0. The minimum Gasteiger partial charge on any atom is -0.380 e. The Hall–Kier alpha value is -2.13. The van der Waals surface area contributed by atoms with Crippen LogP contribution >= 0.6 is 0 Å². The average molecular weight is 302 g/mol. The summed E-state index contributed by atoms with van der Waals surface area (Å²) in [7, 11) is 1.71. The summed E-state index contributed by atoms with van der Waals surface area (Å²) in [6, 6.07) is 2.01. The van der Waals surface area contributed by atoms with Crippen molar-refractivity contribution >= 4 is 11.7 Å². The smallest absolute Gasteiger partial charge is 0.295 e. The molecule has 6 heteroatoms. The van der Waals surface area contributed by atoms with Crippen LogP contribution in [0, 0.1) is 17.8 Å². The largest absolute Gasteiger partial charge is 0.380 e. The van der Waals surface area contributed by atoms with Crippen molar-refractivity contribution in [2.75, 3.05) is 25.1 Å². The second kappa shape index (κ2) is 7.76. The number of hydrogen-bond acceptors (Lipinski definition) is 5. The third-order valence-electron chi connectivity index (χ3n) is 3.54. The Morgan fingerprint density at radius 2 is 2.41 bits per heavy atom. The van der Waals surface area contributed by atoms with Gasteiger partial charge in [0.25, 0.3) is 5.91 Å². The second-order valence-corrected chi connectivity index (χ2v) is 5.60. The number of nitrogens with one attached hydrogen (secondary N) is 1. The van der Waals surface area contributed by atoms with Crippen LogP contribution in [-0.4, -0.2) is 48.2 Å². The molecule has 1 aromatic heterocycles. The number of amides is 1. The minimum absolute atomic E-state index is 0.138. The number of aromatic nitrogens is 2. The van der Waals surface area contributed by atoms with E-state index in [9.17, 15) is 4.79 Å². The Labute approximate surface area is 131 Å². The van der Waals surface area contributed by atoms with E-state index in [-0.39, 0.29) is 24.0 Å². The number of rotatable bonds is 4. The number of anilines is 1. The summed E-state index contributed by atoms with van der Waals surface area (Å²) in [6.07, 6.45) is 4.22. The molecule has 0 spiro atoms. The van der Waals surface area contributed by atoms with Crippen molar-refractivity contribution in [1.29, 1.82) is 0 Å². The number of hydrogen-bond donors (Lipinski definition) is 1. The van der Waals surface area contributed by atoms with Crippen molar-refractivity contribution < 1.29 is 9.53 Å². The highest BCUT2D eigenvalue weighted by atomic mass is 16.5. The molecular formula is C16H22N4O2. The third-order valence-corrected chi connectivity index (χ3v) is 3.54. The Morgan fingerprint density at radius 3 is 3.05 bits per heavy atom. The van der Waals surface area contributed by atoms with Gasteiger partial charge in [-0.15, -0.1) is 0 Å². The van der Waals surface area contributed by atoms with Gasteiger partial charge in [0.1, 0.15) is 12.1 Å². The predicted molar refractivity (Wildman–Crippen MR) is 84.2 cm³/mol. The molecule has 22 heavy (non-hydrogen) atoms. The molecular weight excluding hydrogens is 280 g/mol. The third kappa shape index (κ3) is 4.43. The Bertz CT molecular complexity index is 550. The Balaban J connectivity index is 1.98. The minimum atomic E-state index is -0.239. The zero-order valence-electron chi connectivity index (χ0n) is 13.2. The lowest BCUT2D eigenvalue weighted by Gasteiger charge is -2.25. The van der Waals surface area contributed by atoms with Crippen LogP contribution in [-0.2, 0) is 9.53 Å². The van der Waals surface area contributed by atoms with E-state index < -0.39 is 0 Å². The maximum Gasteiger partial charge on any atom is 0.295 e. The molecule has 1 fully saturated rings. The highest BCUT2D eigenvalue weighted by Crippen LogP contribution is 2.24. The summed E-state index contributed by atoms with van der Waals surface area (Å²) in [6.45, 7) is 5.19. The predicted octanol–water partition coefficient (Wildman–Crippen LogP) is 0.846. The first-order valence-corrected chi connectivity index (χ1v) is 7.45. The van der Waals surface area contributed by atoms with Crippen LogP contribution in [0.5, 0.6) is 0 Å². The van der Waals surface area contributed by atoms with Crippen LogP contribution in [0.3, 0.4) is 0 Å². The molecule has 0 saturated carbocycles. The molecule has 0 bridgehead atoms. The molecule has 2 atom stereocenters. The fourth-order valence-electron chi connectivity index (χ4n) is 2.44. The van der Waals surface area contributed by atoms with Gasteiger partial charge in [0, 0.05) is 32.3 Å². The lowest BCUT2D eigenvalue weighted by atomic mass is 10.2. The summed E-state index contributed by atoms with van der Waals surface area (Å²) in [4.78, 5) is 22.1. The fraction of sp³-hybridized carbons (Fsp3) is 0.562. The maximum atomic E-state index is 11.7. The summed E-state index contributed by atoms with van der Waals surface area (Å²) >= 11 is 0. The van der Waals surface area contributed by atoms with Crippen LogP contribution in [0.25, 0.3) is 0 Å². The molecule has 1 aromatic rings. The maximum absolute atomic E-state index is 11.7. The van der Waals surface area contributed by atoms with Gasteiger partial charge in [-0.2, -0.15) is 0 Å². The van der Waals surface area contributed by atoms with Crippen molar-refractivity contribution in [2.45, 2.75) is 32.4 Å². The van der Waals surface area contributed by atoms with Gasteiger partial charge in [-0.3, -0.25) is 4.79 Å². The van der Waals surface area contributed by atoms with Crippen molar-refractivity contribution in [2.24, 2.45) is 5.92 Å². The second-order valence-electron chi connectivity index (χ2n) is 5.60. The van der Waals surface area contributed by atoms with E-state index in [0.717, 1.165) is 18.8 Å². The summed E-state index contributed by atoms with van der Waals surface area (Å²) < 4.78 is 5.45. The monoisotopic (exact) mass is 302 g/mol. The van der Waals surface area contributed by atoms with Gasteiger partial charge in [0.05, 0.1) is 12.1 Å². The SMILES string of the molecule is CO[C@@H]1C[C@H](CNC(=O)C#CC(C)C)N(c2ccncn2)C1. The molecule has 0 aliphatic carbocycles. The molecule has 1 aliphatic rings. The van der Waals surface area contributed by atoms with Crippen molar-refractivity contribution in [3.8, 4) is 11.8 Å². The first-order chi connectivity index (χ1) is 10.6. The van der Waals surface area contributed by atoms with E-state index in [1.807, 2.05) is 19.9 Å². The molecule has 1 saturated heterocycles. The van der Waals surface area contributed by atoms with Gasteiger partial charge >= 0.3 is 0 Å². The number of nitrogens with zero attached hydrogens (tertiary/aromatic N) is 3. The van der Waals surface area contributed by atoms with Crippen LogP contribution in [0.1, 0.15) is 20.3 Å². The molecule has 0 aromatic carbocycles. The first kappa shape index (κ1) is 16.2. The van der Waals surface area contributed by atoms with E-state index in [4.69, 9.17) is 4.74 Å². The Morgan fingerprint density at radius 1 is 1.59 bits per heavy atom. The molecule has 6 nitrogen and oxygen atoms in total. The molecule has 2 rings (SSSR count). The van der Waals surface area contributed by atoms with Gasteiger partial charge in [-0.05, 0) is 18.4 Å².